The molecule has 0 bridgehead atoms. The standard InChI is InChI=1S/C51H31N5/c1-4-16-32(17-5-1)47-48-45(37-23-11-10-22-36(37)31-52-48)42-29-28-35(30-43(42)53-47)44-38-24-12-14-26-40(38)46(41-27-15-13-25-39(41)44)51-55-49(33-18-6-2-7-19-33)54-50(56-51)34-20-8-3-9-21-34/h1-31H. The Kier molecular flexibility index (Phi) is 7.42. The molecule has 0 unspecified atom stereocenters. The fourth-order valence-electron chi connectivity index (χ4n) is 8.18. The molecule has 260 valence electrons. The molecule has 5 nitrogen and oxygen atoms in total. The Bertz CT molecular complexity index is 3180. The van der Waals surface area contributed by atoms with E-state index in [4.69, 9.17) is 24.9 Å². The van der Waals surface area contributed by atoms with Crippen LogP contribution in [0.3, 0.4) is 0 Å². The molecule has 3 aromatic heterocycles. The number of pyridine rings is 2. The summed E-state index contributed by atoms with van der Waals surface area (Å²) >= 11 is 0. The van der Waals surface area contributed by atoms with Crippen LogP contribution in [-0.4, -0.2) is 24.9 Å². The Labute approximate surface area is 322 Å². The van der Waals surface area contributed by atoms with E-state index in [1.807, 2.05) is 72.9 Å². The molecule has 0 aliphatic heterocycles. The van der Waals surface area contributed by atoms with Gasteiger partial charge in [0, 0.05) is 44.6 Å². The van der Waals surface area contributed by atoms with Crippen LogP contribution in [0.2, 0.25) is 0 Å². The van der Waals surface area contributed by atoms with Gasteiger partial charge in [0.1, 0.15) is 0 Å². The molecule has 8 aromatic carbocycles. The summed E-state index contributed by atoms with van der Waals surface area (Å²) < 4.78 is 0. The molecule has 0 amide bonds. The fraction of sp³-hybridized carbons (Fsp3) is 0. The molecule has 0 spiro atoms. The third-order valence-electron chi connectivity index (χ3n) is 10.7. The van der Waals surface area contributed by atoms with Crippen LogP contribution in [0.25, 0.3) is 111 Å². The summed E-state index contributed by atoms with van der Waals surface area (Å²) in [6.45, 7) is 0. The van der Waals surface area contributed by atoms with Crippen molar-refractivity contribution in [3.05, 3.63) is 188 Å². The normalized spacial score (nSPS) is 11.6. The first-order valence-corrected chi connectivity index (χ1v) is 18.8. The maximum atomic E-state index is 5.38. The van der Waals surface area contributed by atoms with Gasteiger partial charge in [0.2, 0.25) is 0 Å². The van der Waals surface area contributed by atoms with Crippen molar-refractivity contribution in [3.8, 4) is 56.5 Å². The molecule has 3 heterocycles. The summed E-state index contributed by atoms with van der Waals surface area (Å²) in [7, 11) is 0. The minimum Gasteiger partial charge on any atom is -0.253 e. The van der Waals surface area contributed by atoms with Crippen LogP contribution in [0.1, 0.15) is 0 Å². The third-order valence-corrected chi connectivity index (χ3v) is 10.7. The van der Waals surface area contributed by atoms with Crippen molar-refractivity contribution in [3.63, 3.8) is 0 Å². The van der Waals surface area contributed by atoms with Crippen LogP contribution in [0.15, 0.2) is 188 Å². The van der Waals surface area contributed by atoms with Gasteiger partial charge in [-0.15, -0.1) is 0 Å². The van der Waals surface area contributed by atoms with E-state index >= 15 is 0 Å². The lowest BCUT2D eigenvalue weighted by Crippen LogP contribution is -2.01. The molecule has 0 N–H and O–H groups in total. The van der Waals surface area contributed by atoms with Gasteiger partial charge >= 0.3 is 0 Å². The molecule has 0 saturated heterocycles. The zero-order valence-corrected chi connectivity index (χ0v) is 30.1. The SMILES string of the molecule is c1ccc(-c2nc(-c3ccccc3)nc(-c3c4ccccc4c(-c4ccc5c(c4)nc(-c4ccccc4)c4ncc6ccccc6c45)c4ccccc34)n2)cc1. The minimum atomic E-state index is 0.634. The van der Waals surface area contributed by atoms with Crippen molar-refractivity contribution in [2.24, 2.45) is 0 Å². The molecule has 11 aromatic rings. The zero-order valence-electron chi connectivity index (χ0n) is 30.1. The van der Waals surface area contributed by atoms with Crippen LogP contribution in [0.5, 0.6) is 0 Å². The first-order chi connectivity index (χ1) is 27.8. The smallest absolute Gasteiger partial charge is 0.165 e. The number of nitrogens with zero attached hydrogens (tertiary/aromatic N) is 5. The highest BCUT2D eigenvalue weighted by Gasteiger charge is 2.22. The summed E-state index contributed by atoms with van der Waals surface area (Å²) in [6.07, 6.45) is 1.96. The van der Waals surface area contributed by atoms with E-state index in [0.29, 0.717) is 17.5 Å². The molecule has 0 aliphatic carbocycles. The lowest BCUT2D eigenvalue weighted by molar-refractivity contribution is 1.08. The molecule has 56 heavy (non-hydrogen) atoms. The van der Waals surface area contributed by atoms with E-state index < -0.39 is 0 Å². The van der Waals surface area contributed by atoms with E-state index in [-0.39, 0.29) is 0 Å². The predicted molar refractivity (Wildman–Crippen MR) is 230 cm³/mol. The fourth-order valence-corrected chi connectivity index (χ4v) is 8.18. The molecule has 0 radical (unpaired) electrons. The minimum absolute atomic E-state index is 0.634. The second-order valence-corrected chi connectivity index (χ2v) is 14.0. The monoisotopic (exact) mass is 713 g/mol. The van der Waals surface area contributed by atoms with Gasteiger partial charge in [-0.3, -0.25) is 4.98 Å². The van der Waals surface area contributed by atoms with Crippen LogP contribution in [0.4, 0.5) is 0 Å². The van der Waals surface area contributed by atoms with Gasteiger partial charge in [-0.25, -0.2) is 19.9 Å². The third kappa shape index (κ3) is 5.21. The quantitative estimate of drug-likeness (QED) is 0.131. The summed E-state index contributed by atoms with van der Waals surface area (Å²) in [5.41, 5.74) is 8.81. The van der Waals surface area contributed by atoms with Crippen LogP contribution < -0.4 is 0 Å². The lowest BCUT2D eigenvalue weighted by atomic mass is 9.87. The first kappa shape index (κ1) is 31.9. The molecule has 5 heteroatoms. The molecular formula is C51H31N5. The largest absolute Gasteiger partial charge is 0.253 e. The first-order valence-electron chi connectivity index (χ1n) is 18.8. The van der Waals surface area contributed by atoms with Crippen molar-refractivity contribution in [2.75, 3.05) is 0 Å². The van der Waals surface area contributed by atoms with E-state index in [9.17, 15) is 0 Å². The Morgan fingerprint density at radius 3 is 1.39 bits per heavy atom. The second kappa shape index (κ2) is 13.0. The number of benzene rings is 8. The zero-order chi connectivity index (χ0) is 37.0. The Balaban J connectivity index is 1.20. The van der Waals surface area contributed by atoms with Gasteiger partial charge < -0.3 is 0 Å². The predicted octanol–water partition coefficient (Wildman–Crippen LogP) is 12.8. The summed E-state index contributed by atoms with van der Waals surface area (Å²) in [6, 6.07) is 63.1. The highest BCUT2D eigenvalue weighted by Crippen LogP contribution is 2.45. The van der Waals surface area contributed by atoms with Gasteiger partial charge in [-0.05, 0) is 44.1 Å². The Hall–Kier alpha value is -7.63. The van der Waals surface area contributed by atoms with E-state index in [1.54, 1.807) is 0 Å². The van der Waals surface area contributed by atoms with Gasteiger partial charge in [0.15, 0.2) is 17.5 Å². The van der Waals surface area contributed by atoms with Gasteiger partial charge in [-0.2, -0.15) is 0 Å². The van der Waals surface area contributed by atoms with Gasteiger partial charge in [0.05, 0.1) is 16.7 Å². The topological polar surface area (TPSA) is 64.5 Å². The second-order valence-electron chi connectivity index (χ2n) is 14.0. The number of hydrogen-bond donors (Lipinski definition) is 0. The van der Waals surface area contributed by atoms with Crippen molar-refractivity contribution in [2.45, 2.75) is 0 Å². The number of rotatable bonds is 5. The molecule has 0 fully saturated rings. The Morgan fingerprint density at radius 2 is 0.804 bits per heavy atom. The highest BCUT2D eigenvalue weighted by molar-refractivity contribution is 6.23. The van der Waals surface area contributed by atoms with Crippen molar-refractivity contribution in [1.82, 2.24) is 24.9 Å². The van der Waals surface area contributed by atoms with Crippen LogP contribution in [0, 0.1) is 0 Å². The lowest BCUT2D eigenvalue weighted by Gasteiger charge is -2.18. The van der Waals surface area contributed by atoms with E-state index in [0.717, 1.165) is 93.2 Å². The van der Waals surface area contributed by atoms with E-state index in [1.165, 1.54) is 0 Å². The molecule has 11 rings (SSSR count). The number of hydrogen-bond acceptors (Lipinski definition) is 5. The van der Waals surface area contributed by atoms with Crippen molar-refractivity contribution in [1.29, 1.82) is 0 Å². The highest BCUT2D eigenvalue weighted by atomic mass is 15.0. The Morgan fingerprint density at radius 1 is 0.321 bits per heavy atom. The van der Waals surface area contributed by atoms with Crippen LogP contribution in [-0.2, 0) is 0 Å². The summed E-state index contributed by atoms with van der Waals surface area (Å²) in [5, 5.41) is 8.81. The molecule has 0 saturated carbocycles. The molecule has 0 atom stereocenters. The average Bonchev–Trinajstić information content (AvgIpc) is 3.28. The maximum absolute atomic E-state index is 5.38. The van der Waals surface area contributed by atoms with Crippen molar-refractivity contribution >= 4 is 54.1 Å². The molecule has 0 aliphatic rings. The van der Waals surface area contributed by atoms with E-state index in [2.05, 4.69) is 115 Å². The van der Waals surface area contributed by atoms with Crippen LogP contribution >= 0.6 is 0 Å². The van der Waals surface area contributed by atoms with Gasteiger partial charge in [-0.1, -0.05) is 176 Å². The number of fused-ring (bicyclic) bond motifs is 7. The summed E-state index contributed by atoms with van der Waals surface area (Å²) in [5.74, 6) is 1.90. The summed E-state index contributed by atoms with van der Waals surface area (Å²) in [4.78, 5) is 25.8. The maximum Gasteiger partial charge on any atom is 0.165 e. The number of aromatic nitrogens is 5. The molecular weight excluding hydrogens is 683 g/mol. The average molecular weight is 714 g/mol. The van der Waals surface area contributed by atoms with Gasteiger partial charge in [0.25, 0.3) is 0 Å². The van der Waals surface area contributed by atoms with Crippen molar-refractivity contribution < 1.29 is 0 Å².